The largest absolute Gasteiger partial charge is 0.310 e. The van der Waals surface area contributed by atoms with E-state index in [-0.39, 0.29) is 33.8 Å². The second kappa shape index (κ2) is 24.8. The third-order valence-corrected chi connectivity index (χ3v) is 27.1. The Labute approximate surface area is 697 Å². The maximum atomic E-state index is 2.76. The number of benzene rings is 19. The third kappa shape index (κ3) is 10.2. The predicted molar refractivity (Wildman–Crippen MR) is 514 cm³/mol. The normalized spacial score (nSPS) is 13.6. The molecule has 574 valence electrons. The van der Waals surface area contributed by atoms with Crippen molar-refractivity contribution in [1.82, 2.24) is 9.13 Å². The van der Waals surface area contributed by atoms with Crippen molar-refractivity contribution in [3.8, 4) is 55.9 Å². The summed E-state index contributed by atoms with van der Waals surface area (Å²) in [6.07, 6.45) is 0. The van der Waals surface area contributed by atoms with Gasteiger partial charge in [-0.3, -0.25) is 0 Å². The van der Waals surface area contributed by atoms with Crippen LogP contribution in [0.15, 0.2) is 303 Å². The number of aromatic nitrogens is 2. The van der Waals surface area contributed by atoms with Gasteiger partial charge in [-0.15, -0.1) is 0 Å². The van der Waals surface area contributed by atoms with Gasteiger partial charge in [0.05, 0.1) is 33.4 Å². The molecule has 0 saturated heterocycles. The Hall–Kier alpha value is -13.0. The van der Waals surface area contributed by atoms with E-state index in [4.69, 9.17) is 0 Å². The molecule has 2 aliphatic rings. The van der Waals surface area contributed by atoms with Gasteiger partial charge in [0.2, 0.25) is 0 Å². The van der Waals surface area contributed by atoms with Crippen LogP contribution in [-0.4, -0.2) is 15.8 Å². The van der Waals surface area contributed by atoms with Crippen molar-refractivity contribution in [2.45, 2.75) is 131 Å². The lowest BCUT2D eigenvalue weighted by Gasteiger charge is -2.46. The molecule has 0 spiro atoms. The van der Waals surface area contributed by atoms with E-state index >= 15 is 0 Å². The minimum absolute atomic E-state index is 0.187. The molecule has 23 rings (SSSR count). The zero-order chi connectivity index (χ0) is 81.1. The minimum atomic E-state index is -0.354. The second-order valence-corrected chi connectivity index (χ2v) is 39.5. The van der Waals surface area contributed by atoms with Gasteiger partial charge in [0.15, 0.2) is 0 Å². The lowest BCUT2D eigenvalue weighted by atomic mass is 9.33. The van der Waals surface area contributed by atoms with Crippen molar-refractivity contribution < 1.29 is 0 Å². The summed E-state index contributed by atoms with van der Waals surface area (Å²) in [7, 11) is 0. The second-order valence-electron chi connectivity index (χ2n) is 39.5. The highest BCUT2D eigenvalue weighted by atomic mass is 15.2. The lowest BCUT2D eigenvalue weighted by Crippen LogP contribution is -2.61. The van der Waals surface area contributed by atoms with Gasteiger partial charge >= 0.3 is 0 Å². The Bertz CT molecular complexity index is 6970. The van der Waals surface area contributed by atoms with Crippen LogP contribution in [0.5, 0.6) is 0 Å². The van der Waals surface area contributed by atoms with E-state index in [0.29, 0.717) is 0 Å². The molecule has 0 bridgehead atoms. The van der Waals surface area contributed by atoms with Gasteiger partial charge in [-0.25, -0.2) is 0 Å². The maximum absolute atomic E-state index is 2.76. The highest BCUT2D eigenvalue weighted by Crippen LogP contribution is 2.59. The number of anilines is 6. The van der Waals surface area contributed by atoms with Crippen molar-refractivity contribution in [2.24, 2.45) is 0 Å². The van der Waals surface area contributed by atoms with Gasteiger partial charge in [-0.2, -0.15) is 0 Å². The van der Waals surface area contributed by atoms with E-state index < -0.39 is 0 Å². The highest BCUT2D eigenvalue weighted by molar-refractivity contribution is 7.00. The number of hydrogen-bond acceptors (Lipinski definition) is 2. The quantitative estimate of drug-likeness (QED) is 0.0856. The smallest absolute Gasteiger partial charge is 0.252 e. The van der Waals surface area contributed by atoms with Crippen LogP contribution in [-0.2, 0) is 27.1 Å². The molecule has 0 fully saturated rings. The summed E-state index contributed by atoms with van der Waals surface area (Å²) in [6.45, 7) is 35.8. The molecule has 4 nitrogen and oxygen atoms in total. The molecule has 0 radical (unpaired) electrons. The maximum Gasteiger partial charge on any atom is 0.252 e. The fourth-order valence-electron chi connectivity index (χ4n) is 21.9. The lowest BCUT2D eigenvalue weighted by molar-refractivity contribution is 0.590. The van der Waals surface area contributed by atoms with Crippen molar-refractivity contribution in [2.75, 3.05) is 9.80 Å². The van der Waals surface area contributed by atoms with Crippen molar-refractivity contribution in [1.29, 1.82) is 0 Å². The number of nitrogens with zero attached hydrogens (tertiary/aromatic N) is 4. The number of hydrogen-bond donors (Lipinski definition) is 0. The first-order valence-corrected chi connectivity index (χ1v) is 42.8. The Morgan fingerprint density at radius 3 is 0.739 bits per heavy atom. The van der Waals surface area contributed by atoms with Gasteiger partial charge in [-0.1, -0.05) is 347 Å². The SMILES string of the molecule is CC(C)(C)c1cc2c3c(c1)N(c1c(-c4ccccc4)cccc1-c1ccccc1)c1cc(-n4c5cc(C(C)(C)C)c6cccc7c8cccc9c(C(C)(C)C)cc4c(c98)c5c67)ccc1B3c1ccc(-n3c4cc(C(C)(C)C)c5cccc6c7cccc8c(C(C)(C)C)cc3c(c87)c4c56)cc1N2c1c(-c2ccccc2)cccc1-c1ccccc1. The molecule has 5 heteroatoms. The van der Waals surface area contributed by atoms with Crippen LogP contribution in [0.25, 0.3) is 164 Å². The standard InChI is InChI=1S/C114H95BN4/c1-110(2,3)70-58-97-107-98(59-70)119(109-75(68-38-24-18-25-39-68)44-29-45-76(109)69-40-26-19-27-41-69)92-61-72(117-95-64-87(113(10,11)12)83-52-32-48-79-80-49-33-53-84-88(114(13,14)15)65-96(117)106(102(80)84)105(95)101(79)83)55-57-90(92)115(107)89-56-54-71(60-91(89)118(97)108-73(66-34-20-16-21-35-66)42-28-43-74(108)67-36-22-17-23-37-67)116-93-62-85(111(4,5)6)81-50-30-46-77-78-47-31-51-82-86(112(7,8)9)63-94(116)104(100(78)82)103(93)99(77)81/h16-65H,1-15H3. The van der Waals surface area contributed by atoms with E-state index in [1.54, 1.807) is 0 Å². The molecule has 2 aromatic heterocycles. The van der Waals surface area contributed by atoms with Crippen LogP contribution in [0, 0.1) is 0 Å². The summed E-state index contributed by atoms with van der Waals surface area (Å²) in [5, 5.41) is 21.3. The Morgan fingerprint density at radius 2 is 0.479 bits per heavy atom. The van der Waals surface area contributed by atoms with Gasteiger partial charge in [0.25, 0.3) is 6.71 Å². The average molecular weight is 1530 g/mol. The molecular formula is C114H95BN4. The zero-order valence-corrected chi connectivity index (χ0v) is 70.7. The van der Waals surface area contributed by atoms with Gasteiger partial charge in [0, 0.05) is 77.9 Å². The summed E-state index contributed by atoms with van der Waals surface area (Å²) < 4.78 is 5.40. The van der Waals surface area contributed by atoms with Crippen molar-refractivity contribution >= 4 is 165 Å². The predicted octanol–water partition coefficient (Wildman–Crippen LogP) is 29.8. The third-order valence-electron chi connectivity index (χ3n) is 27.1. The molecular weight excluding hydrogens is 1440 g/mol. The van der Waals surface area contributed by atoms with E-state index in [0.717, 1.165) is 90.0 Å². The fourth-order valence-corrected chi connectivity index (χ4v) is 21.9. The average Bonchev–Trinajstić information content (AvgIpc) is 1.60. The molecule has 2 aliphatic heterocycles. The van der Waals surface area contributed by atoms with Crippen LogP contribution in [0.4, 0.5) is 34.1 Å². The number of fused-ring (bicyclic) bond motifs is 6. The van der Waals surface area contributed by atoms with Gasteiger partial charge in [-0.05, 0) is 219 Å². The molecule has 0 amide bonds. The van der Waals surface area contributed by atoms with E-state index in [1.165, 1.54) is 152 Å². The monoisotopic (exact) mass is 1530 g/mol. The summed E-state index contributed by atoms with van der Waals surface area (Å²) >= 11 is 0. The number of para-hydroxylation sites is 2. The summed E-state index contributed by atoms with van der Waals surface area (Å²) in [4.78, 5) is 5.52. The number of rotatable bonds is 8. The van der Waals surface area contributed by atoms with Crippen LogP contribution >= 0.6 is 0 Å². The molecule has 0 unspecified atom stereocenters. The molecule has 21 aromatic rings. The van der Waals surface area contributed by atoms with E-state index in [1.807, 2.05) is 0 Å². The molecule has 119 heavy (non-hydrogen) atoms. The van der Waals surface area contributed by atoms with E-state index in [2.05, 4.69) is 426 Å². The van der Waals surface area contributed by atoms with Gasteiger partial charge < -0.3 is 18.9 Å². The van der Waals surface area contributed by atoms with Crippen LogP contribution in [0.2, 0.25) is 0 Å². The summed E-state index contributed by atoms with van der Waals surface area (Å²) in [5.74, 6) is 0. The zero-order valence-electron chi connectivity index (χ0n) is 70.7. The molecule has 0 saturated carbocycles. The summed E-state index contributed by atoms with van der Waals surface area (Å²) in [5.41, 5.74) is 32.5. The van der Waals surface area contributed by atoms with Gasteiger partial charge in [0.1, 0.15) is 0 Å². The first-order chi connectivity index (χ1) is 57.3. The van der Waals surface area contributed by atoms with E-state index in [9.17, 15) is 0 Å². The van der Waals surface area contributed by atoms with Crippen molar-refractivity contribution in [3.05, 3.63) is 331 Å². The molecule has 0 aliphatic carbocycles. The molecule has 0 atom stereocenters. The summed E-state index contributed by atoms with van der Waals surface area (Å²) in [6, 6.07) is 118. The van der Waals surface area contributed by atoms with Crippen LogP contribution in [0.3, 0.4) is 0 Å². The molecule has 19 aromatic carbocycles. The fraction of sp³-hybridized carbons (Fsp3) is 0.175. The highest BCUT2D eigenvalue weighted by Gasteiger charge is 2.47. The minimum Gasteiger partial charge on any atom is -0.310 e. The Balaban J connectivity index is 0.903. The van der Waals surface area contributed by atoms with Crippen LogP contribution < -0.4 is 26.2 Å². The topological polar surface area (TPSA) is 16.3 Å². The van der Waals surface area contributed by atoms with Crippen LogP contribution in [0.1, 0.15) is 132 Å². The van der Waals surface area contributed by atoms with Crippen molar-refractivity contribution in [3.63, 3.8) is 0 Å². The first kappa shape index (κ1) is 71.4. The Morgan fingerprint density at radius 1 is 0.218 bits per heavy atom. The Kier molecular flexibility index (Phi) is 14.9. The molecule has 4 heterocycles. The molecule has 0 N–H and O–H groups in total. The first-order valence-electron chi connectivity index (χ1n) is 42.8.